The second-order valence-electron chi connectivity index (χ2n) is 10.9. The van der Waals surface area contributed by atoms with Crippen LogP contribution in [0.15, 0.2) is 0 Å². The Balaban J connectivity index is 1.65. The first-order valence-corrected chi connectivity index (χ1v) is 13.8. The molecule has 3 rings (SSSR count). The Morgan fingerprint density at radius 1 is 0.647 bits per heavy atom. The average Bonchev–Trinajstić information content (AvgIpc) is 2.85. The second kappa shape index (κ2) is 15.7. The van der Waals surface area contributed by atoms with Crippen LogP contribution in [0.25, 0.3) is 0 Å². The first-order chi connectivity index (χ1) is 16.6. The topological polar surface area (TPSA) is 37.9 Å². The fraction of sp³-hybridized carbons (Fsp3) is 1.00. The van der Waals surface area contributed by atoms with E-state index in [4.69, 9.17) is 9.47 Å². The van der Waals surface area contributed by atoms with E-state index >= 15 is 0 Å². The minimum absolute atomic E-state index is 0.639. The third-order valence-corrected chi connectivity index (χ3v) is 8.28. The maximum absolute atomic E-state index is 5.41. The molecule has 200 valence electrons. The van der Waals surface area contributed by atoms with Crippen molar-refractivity contribution >= 4 is 0 Å². The number of piperazine rings is 3. The number of likely N-dealkylation sites (N-methyl/N-ethyl adjacent to an activating group) is 2. The van der Waals surface area contributed by atoms with Gasteiger partial charge in [-0.05, 0) is 45.8 Å². The van der Waals surface area contributed by atoms with Crippen molar-refractivity contribution in [2.45, 2.75) is 25.3 Å². The third kappa shape index (κ3) is 9.62. The maximum Gasteiger partial charge on any atom is 0.0474 e. The minimum Gasteiger partial charge on any atom is -0.385 e. The van der Waals surface area contributed by atoms with E-state index in [0.717, 1.165) is 45.1 Å². The van der Waals surface area contributed by atoms with Gasteiger partial charge < -0.3 is 34.0 Å². The summed E-state index contributed by atoms with van der Waals surface area (Å²) in [7, 11) is 8.17. The van der Waals surface area contributed by atoms with Gasteiger partial charge in [-0.25, -0.2) is 0 Å². The molecule has 0 aliphatic carbocycles. The molecule has 0 radical (unpaired) electrons. The zero-order valence-corrected chi connectivity index (χ0v) is 22.8. The van der Waals surface area contributed by atoms with Gasteiger partial charge in [-0.1, -0.05) is 0 Å². The van der Waals surface area contributed by atoms with Crippen molar-refractivity contribution in [2.75, 3.05) is 140 Å². The average molecular weight is 483 g/mol. The van der Waals surface area contributed by atoms with Gasteiger partial charge in [0, 0.05) is 125 Å². The number of hydrogen-bond donors (Lipinski definition) is 0. The van der Waals surface area contributed by atoms with E-state index in [1.807, 2.05) is 14.2 Å². The molecule has 0 aromatic heterocycles. The normalized spacial score (nSPS) is 26.3. The highest BCUT2D eigenvalue weighted by atomic mass is 16.5. The molecule has 0 aromatic carbocycles. The summed E-state index contributed by atoms with van der Waals surface area (Å²) in [4.78, 5) is 15.9. The summed E-state index contributed by atoms with van der Waals surface area (Å²) in [6.07, 6.45) is 3.58. The molecule has 0 spiro atoms. The molecular formula is C26H54N6O2. The van der Waals surface area contributed by atoms with E-state index < -0.39 is 0 Å². The van der Waals surface area contributed by atoms with Crippen molar-refractivity contribution in [2.24, 2.45) is 5.92 Å². The zero-order chi connectivity index (χ0) is 24.2. The molecular weight excluding hydrogens is 428 g/mol. The first-order valence-electron chi connectivity index (χ1n) is 13.8. The lowest BCUT2D eigenvalue weighted by molar-refractivity contribution is 0.0108. The Labute approximate surface area is 210 Å². The third-order valence-electron chi connectivity index (χ3n) is 8.28. The quantitative estimate of drug-likeness (QED) is 0.332. The van der Waals surface area contributed by atoms with Gasteiger partial charge in [-0.15, -0.1) is 0 Å². The van der Waals surface area contributed by atoms with Crippen LogP contribution in [0.2, 0.25) is 0 Å². The van der Waals surface area contributed by atoms with E-state index in [1.165, 1.54) is 91.5 Å². The van der Waals surface area contributed by atoms with Gasteiger partial charge in [-0.2, -0.15) is 0 Å². The second-order valence-corrected chi connectivity index (χ2v) is 10.9. The minimum atomic E-state index is 0.639. The zero-order valence-electron chi connectivity index (χ0n) is 22.8. The summed E-state index contributed by atoms with van der Waals surface area (Å²) >= 11 is 0. The molecule has 2 unspecified atom stereocenters. The fourth-order valence-electron chi connectivity index (χ4n) is 5.87. The molecule has 0 bridgehead atoms. The SMILES string of the molecule is COCCCN1CCN(CCCOC)C(C(CCN2CCN(C)CC2)CN2CCN(C)CC2)C1. The van der Waals surface area contributed by atoms with Crippen LogP contribution >= 0.6 is 0 Å². The summed E-state index contributed by atoms with van der Waals surface area (Å²) in [5.74, 6) is 0.718. The summed E-state index contributed by atoms with van der Waals surface area (Å²) in [6, 6.07) is 0.639. The number of methoxy groups -OCH3 is 2. The van der Waals surface area contributed by atoms with Crippen LogP contribution < -0.4 is 0 Å². The molecule has 0 amide bonds. The molecule has 0 saturated carbocycles. The number of rotatable bonds is 14. The van der Waals surface area contributed by atoms with Crippen LogP contribution in [0, 0.1) is 5.92 Å². The molecule has 2 atom stereocenters. The molecule has 0 aromatic rings. The molecule has 3 aliphatic rings. The highest BCUT2D eigenvalue weighted by Crippen LogP contribution is 2.24. The maximum atomic E-state index is 5.41. The monoisotopic (exact) mass is 482 g/mol. The smallest absolute Gasteiger partial charge is 0.0474 e. The predicted octanol–water partition coefficient (Wildman–Crippen LogP) is 0.547. The Kier molecular flexibility index (Phi) is 13.1. The van der Waals surface area contributed by atoms with Gasteiger partial charge in [0.2, 0.25) is 0 Å². The van der Waals surface area contributed by atoms with Gasteiger partial charge in [0.05, 0.1) is 0 Å². The summed E-state index contributed by atoms with van der Waals surface area (Å²) in [5, 5.41) is 0. The van der Waals surface area contributed by atoms with E-state index in [1.54, 1.807) is 0 Å². The molecule has 8 heteroatoms. The Bertz CT molecular complexity index is 525. The van der Waals surface area contributed by atoms with Crippen molar-refractivity contribution in [1.82, 2.24) is 29.4 Å². The number of ether oxygens (including phenoxy) is 2. The van der Waals surface area contributed by atoms with Crippen LogP contribution in [0.3, 0.4) is 0 Å². The number of hydrogen-bond acceptors (Lipinski definition) is 8. The van der Waals surface area contributed by atoms with Crippen LogP contribution in [0.5, 0.6) is 0 Å². The molecule has 3 heterocycles. The summed E-state index contributed by atoms with van der Waals surface area (Å²) < 4.78 is 10.8. The Morgan fingerprint density at radius 2 is 1.21 bits per heavy atom. The van der Waals surface area contributed by atoms with Gasteiger partial charge in [0.1, 0.15) is 0 Å². The molecule has 3 saturated heterocycles. The number of nitrogens with zero attached hydrogens (tertiary/aromatic N) is 6. The standard InChI is InChI=1S/C26H54N6O2/c1-27-11-15-29(16-12-27)10-7-25(23-31-17-13-28(2)14-18-31)26-24-30(8-5-21-33-3)19-20-32(26)9-6-22-34-4/h25-26H,5-24H2,1-4H3. The van der Waals surface area contributed by atoms with Crippen molar-refractivity contribution in [3.05, 3.63) is 0 Å². The highest BCUT2D eigenvalue weighted by molar-refractivity contribution is 4.90. The first kappa shape index (κ1) is 28.3. The molecule has 8 nitrogen and oxygen atoms in total. The van der Waals surface area contributed by atoms with Gasteiger partial charge in [0.15, 0.2) is 0 Å². The van der Waals surface area contributed by atoms with E-state index in [-0.39, 0.29) is 0 Å². The Morgan fingerprint density at radius 3 is 1.82 bits per heavy atom. The lowest BCUT2D eigenvalue weighted by atomic mass is 9.90. The highest BCUT2D eigenvalue weighted by Gasteiger charge is 2.34. The molecule has 3 fully saturated rings. The van der Waals surface area contributed by atoms with Crippen molar-refractivity contribution in [3.63, 3.8) is 0 Å². The fourth-order valence-corrected chi connectivity index (χ4v) is 5.87. The van der Waals surface area contributed by atoms with Gasteiger partial charge in [0.25, 0.3) is 0 Å². The van der Waals surface area contributed by atoms with Gasteiger partial charge in [-0.3, -0.25) is 4.90 Å². The van der Waals surface area contributed by atoms with Crippen LogP contribution in [-0.2, 0) is 9.47 Å². The lowest BCUT2D eigenvalue weighted by Gasteiger charge is -2.47. The summed E-state index contributed by atoms with van der Waals surface area (Å²) in [5.41, 5.74) is 0. The Hall–Kier alpha value is -0.320. The predicted molar refractivity (Wildman–Crippen MR) is 141 cm³/mol. The van der Waals surface area contributed by atoms with E-state index in [0.29, 0.717) is 6.04 Å². The summed E-state index contributed by atoms with van der Waals surface area (Å²) in [6.45, 7) is 19.9. The van der Waals surface area contributed by atoms with Crippen LogP contribution in [0.1, 0.15) is 19.3 Å². The van der Waals surface area contributed by atoms with Gasteiger partial charge >= 0.3 is 0 Å². The van der Waals surface area contributed by atoms with Crippen molar-refractivity contribution in [3.8, 4) is 0 Å². The van der Waals surface area contributed by atoms with Crippen LogP contribution in [-0.4, -0.2) is 175 Å². The van der Waals surface area contributed by atoms with E-state index in [9.17, 15) is 0 Å². The largest absolute Gasteiger partial charge is 0.385 e. The van der Waals surface area contributed by atoms with Crippen LogP contribution in [0.4, 0.5) is 0 Å². The molecule has 3 aliphatic heterocycles. The van der Waals surface area contributed by atoms with E-state index in [2.05, 4.69) is 43.5 Å². The van der Waals surface area contributed by atoms with Crippen molar-refractivity contribution < 1.29 is 9.47 Å². The molecule has 0 N–H and O–H groups in total. The molecule has 34 heavy (non-hydrogen) atoms. The lowest BCUT2D eigenvalue weighted by Crippen LogP contribution is -2.59. The van der Waals surface area contributed by atoms with Crippen molar-refractivity contribution in [1.29, 1.82) is 0 Å².